The molecule has 0 saturated heterocycles. The fraction of sp³-hybridized carbons (Fsp3) is 0.400. The van der Waals surface area contributed by atoms with E-state index >= 15 is 0 Å². The number of ether oxygens (including phenoxy) is 1. The number of nitrogens with one attached hydrogen (secondary N) is 1. The normalized spacial score (nSPS) is 12.5. The molecule has 0 aliphatic carbocycles. The molecule has 0 fully saturated rings. The molecule has 1 aromatic rings. The molecular formula is C10H16N2O. The van der Waals surface area contributed by atoms with Gasteiger partial charge in [-0.1, -0.05) is 12.1 Å². The Labute approximate surface area is 78.9 Å². The predicted molar refractivity (Wildman–Crippen MR) is 53.8 cm³/mol. The molecule has 3 N–H and O–H groups in total. The molecule has 3 heteroatoms. The van der Waals surface area contributed by atoms with Gasteiger partial charge in [-0.05, 0) is 24.7 Å². The molecule has 0 unspecified atom stereocenters. The number of rotatable bonds is 4. The van der Waals surface area contributed by atoms with Gasteiger partial charge in [0.25, 0.3) is 0 Å². The second-order valence-corrected chi connectivity index (χ2v) is 2.85. The fourth-order valence-electron chi connectivity index (χ4n) is 1.26. The van der Waals surface area contributed by atoms with Crippen molar-refractivity contribution >= 4 is 0 Å². The van der Waals surface area contributed by atoms with Crippen LogP contribution in [0.4, 0.5) is 0 Å². The quantitative estimate of drug-likeness (QED) is 0.724. The van der Waals surface area contributed by atoms with E-state index in [0.717, 1.165) is 5.75 Å². The summed E-state index contributed by atoms with van der Waals surface area (Å²) >= 11 is 0. The number of likely N-dealkylation sites (N-methyl/N-ethyl adjacent to an activating group) is 1. The minimum absolute atomic E-state index is 0.228. The van der Waals surface area contributed by atoms with E-state index in [1.165, 1.54) is 5.56 Å². The zero-order valence-electron chi connectivity index (χ0n) is 8.08. The Hall–Kier alpha value is -1.06. The Morgan fingerprint density at radius 2 is 2.00 bits per heavy atom. The van der Waals surface area contributed by atoms with E-state index in [-0.39, 0.29) is 6.04 Å². The van der Waals surface area contributed by atoms with Crippen molar-refractivity contribution < 1.29 is 4.74 Å². The Bertz CT molecular complexity index is 242. The average molecular weight is 180 g/mol. The second-order valence-electron chi connectivity index (χ2n) is 2.85. The van der Waals surface area contributed by atoms with Crippen molar-refractivity contribution in [1.82, 2.24) is 5.32 Å². The fourth-order valence-corrected chi connectivity index (χ4v) is 1.26. The highest BCUT2D eigenvalue weighted by Gasteiger charge is 2.05. The van der Waals surface area contributed by atoms with Gasteiger partial charge in [0.2, 0.25) is 0 Å². The van der Waals surface area contributed by atoms with Crippen LogP contribution in [0.25, 0.3) is 0 Å². The first-order chi connectivity index (χ1) is 6.31. The molecule has 1 atom stereocenters. The van der Waals surface area contributed by atoms with E-state index in [0.29, 0.717) is 6.54 Å². The van der Waals surface area contributed by atoms with E-state index in [2.05, 4.69) is 5.32 Å². The Morgan fingerprint density at radius 1 is 1.38 bits per heavy atom. The summed E-state index contributed by atoms with van der Waals surface area (Å²) in [5, 5.41) is 3.14. The van der Waals surface area contributed by atoms with Gasteiger partial charge in [0.1, 0.15) is 5.75 Å². The number of methoxy groups -OCH3 is 1. The topological polar surface area (TPSA) is 47.3 Å². The molecule has 1 aromatic carbocycles. The number of nitrogens with two attached hydrogens (primary N) is 1. The molecule has 0 amide bonds. The lowest BCUT2D eigenvalue weighted by molar-refractivity contribution is 0.414. The van der Waals surface area contributed by atoms with Crippen molar-refractivity contribution in [2.45, 2.75) is 6.04 Å². The van der Waals surface area contributed by atoms with Crippen LogP contribution >= 0.6 is 0 Å². The number of benzene rings is 1. The van der Waals surface area contributed by atoms with Crippen molar-refractivity contribution in [3.05, 3.63) is 29.8 Å². The van der Waals surface area contributed by atoms with Crippen LogP contribution in [0.3, 0.4) is 0 Å². The van der Waals surface area contributed by atoms with Crippen LogP contribution in [0.5, 0.6) is 5.75 Å². The largest absolute Gasteiger partial charge is 0.497 e. The van der Waals surface area contributed by atoms with E-state index in [1.54, 1.807) is 7.11 Å². The van der Waals surface area contributed by atoms with Gasteiger partial charge in [-0.15, -0.1) is 0 Å². The molecule has 13 heavy (non-hydrogen) atoms. The summed E-state index contributed by atoms with van der Waals surface area (Å²) in [6, 6.07) is 8.15. The third kappa shape index (κ3) is 2.44. The molecule has 1 rings (SSSR count). The lowest BCUT2D eigenvalue weighted by Gasteiger charge is -2.14. The average Bonchev–Trinajstić information content (AvgIpc) is 2.21. The van der Waals surface area contributed by atoms with E-state index in [4.69, 9.17) is 10.5 Å². The Morgan fingerprint density at radius 3 is 2.38 bits per heavy atom. The molecule has 0 bridgehead atoms. The molecule has 0 aliphatic rings. The van der Waals surface area contributed by atoms with Gasteiger partial charge < -0.3 is 15.8 Å². The first-order valence-electron chi connectivity index (χ1n) is 4.33. The molecule has 3 nitrogen and oxygen atoms in total. The van der Waals surface area contributed by atoms with Crippen LogP contribution in [0.1, 0.15) is 11.6 Å². The summed E-state index contributed by atoms with van der Waals surface area (Å²) in [6.45, 7) is 0.600. The van der Waals surface area contributed by atoms with Crippen molar-refractivity contribution in [3.63, 3.8) is 0 Å². The third-order valence-corrected chi connectivity index (χ3v) is 2.10. The van der Waals surface area contributed by atoms with Crippen LogP contribution in [0.15, 0.2) is 24.3 Å². The van der Waals surface area contributed by atoms with Gasteiger partial charge in [-0.3, -0.25) is 0 Å². The van der Waals surface area contributed by atoms with Gasteiger partial charge in [0.15, 0.2) is 0 Å². The standard InChI is InChI=1S/C10H16N2O/c1-12-10(7-11)8-3-5-9(13-2)6-4-8/h3-6,10,12H,7,11H2,1-2H3/t10-/m0/s1. The molecule has 72 valence electrons. The van der Waals surface area contributed by atoms with Crippen molar-refractivity contribution in [3.8, 4) is 5.75 Å². The smallest absolute Gasteiger partial charge is 0.118 e. The van der Waals surface area contributed by atoms with Crippen molar-refractivity contribution in [2.75, 3.05) is 20.7 Å². The second kappa shape index (κ2) is 4.84. The maximum absolute atomic E-state index is 5.59. The summed E-state index contributed by atoms with van der Waals surface area (Å²) in [6.07, 6.45) is 0. The van der Waals surface area contributed by atoms with Crippen LogP contribution in [0.2, 0.25) is 0 Å². The summed E-state index contributed by atoms with van der Waals surface area (Å²) in [4.78, 5) is 0. The molecule has 0 heterocycles. The lowest BCUT2D eigenvalue weighted by atomic mass is 10.1. The highest BCUT2D eigenvalue weighted by atomic mass is 16.5. The first-order valence-corrected chi connectivity index (χ1v) is 4.33. The molecule has 0 saturated carbocycles. The maximum atomic E-state index is 5.59. The summed E-state index contributed by atoms with van der Waals surface area (Å²) in [7, 11) is 3.56. The molecule has 0 spiro atoms. The van der Waals surface area contributed by atoms with E-state index in [1.807, 2.05) is 31.3 Å². The summed E-state index contributed by atoms with van der Waals surface area (Å²) in [5.41, 5.74) is 6.78. The zero-order chi connectivity index (χ0) is 9.68. The third-order valence-electron chi connectivity index (χ3n) is 2.10. The minimum atomic E-state index is 0.228. The van der Waals surface area contributed by atoms with Gasteiger partial charge >= 0.3 is 0 Å². The van der Waals surface area contributed by atoms with Crippen molar-refractivity contribution in [1.29, 1.82) is 0 Å². The maximum Gasteiger partial charge on any atom is 0.118 e. The highest BCUT2D eigenvalue weighted by Crippen LogP contribution is 2.16. The number of hydrogen-bond acceptors (Lipinski definition) is 3. The monoisotopic (exact) mass is 180 g/mol. The SMILES string of the molecule is CN[C@@H](CN)c1ccc(OC)cc1. The molecule has 0 aliphatic heterocycles. The van der Waals surface area contributed by atoms with Crippen LogP contribution in [-0.4, -0.2) is 20.7 Å². The predicted octanol–water partition coefficient (Wildman–Crippen LogP) is 0.914. The number of hydrogen-bond donors (Lipinski definition) is 2. The minimum Gasteiger partial charge on any atom is -0.497 e. The summed E-state index contributed by atoms with van der Waals surface area (Å²) < 4.78 is 5.06. The van der Waals surface area contributed by atoms with Gasteiger partial charge in [-0.2, -0.15) is 0 Å². The van der Waals surface area contributed by atoms with Gasteiger partial charge in [-0.25, -0.2) is 0 Å². The molecular weight excluding hydrogens is 164 g/mol. The highest BCUT2D eigenvalue weighted by molar-refractivity contribution is 5.29. The summed E-state index contributed by atoms with van der Waals surface area (Å²) in [5.74, 6) is 0.871. The van der Waals surface area contributed by atoms with Crippen LogP contribution < -0.4 is 15.8 Å². The van der Waals surface area contributed by atoms with Crippen molar-refractivity contribution in [2.24, 2.45) is 5.73 Å². The first kappa shape index (κ1) is 10.0. The Balaban J connectivity index is 2.78. The molecule has 0 radical (unpaired) electrons. The van der Waals surface area contributed by atoms with E-state index < -0.39 is 0 Å². The van der Waals surface area contributed by atoms with Crippen LogP contribution in [0, 0.1) is 0 Å². The van der Waals surface area contributed by atoms with Gasteiger partial charge in [0.05, 0.1) is 7.11 Å². The lowest BCUT2D eigenvalue weighted by Crippen LogP contribution is -2.24. The van der Waals surface area contributed by atoms with E-state index in [9.17, 15) is 0 Å². The zero-order valence-corrected chi connectivity index (χ0v) is 8.08. The van der Waals surface area contributed by atoms with Crippen LogP contribution in [-0.2, 0) is 0 Å². The van der Waals surface area contributed by atoms with Gasteiger partial charge in [0, 0.05) is 12.6 Å². The Kier molecular flexibility index (Phi) is 3.73. The molecule has 0 aromatic heterocycles.